The molecule has 0 bridgehead atoms. The average Bonchev–Trinajstić information content (AvgIpc) is 2.73. The summed E-state index contributed by atoms with van der Waals surface area (Å²) in [7, 11) is -0.446. The normalized spacial score (nSPS) is 10.2. The Balaban J connectivity index is 0.000000221. The first kappa shape index (κ1) is 19.6. The maximum atomic E-state index is 4.67. The Morgan fingerprint density at radius 2 is 0.815 bits per heavy atom. The monoisotopic (exact) mass is 411 g/mol. The third-order valence-corrected chi connectivity index (χ3v) is 7.08. The minimum absolute atomic E-state index is 0.446. The summed E-state index contributed by atoms with van der Waals surface area (Å²) in [4.78, 5) is 0. The molecule has 0 unspecified atom stereocenters. The van der Waals surface area contributed by atoms with Gasteiger partial charge in [-0.1, -0.05) is 91.0 Å². The molecule has 0 amide bonds. The van der Waals surface area contributed by atoms with Gasteiger partial charge in [0.1, 0.15) is 0 Å². The summed E-state index contributed by atoms with van der Waals surface area (Å²) < 4.78 is 0.993. The Kier molecular flexibility index (Phi) is 7.40. The van der Waals surface area contributed by atoms with Crippen molar-refractivity contribution in [3.8, 4) is 0 Å². The quantitative estimate of drug-likeness (QED) is 0.341. The van der Waals surface area contributed by atoms with Crippen molar-refractivity contribution in [2.45, 2.75) is 6.92 Å². The van der Waals surface area contributed by atoms with Crippen molar-refractivity contribution in [3.63, 3.8) is 0 Å². The number of rotatable bonds is 3. The fourth-order valence-electron chi connectivity index (χ4n) is 2.72. The molecule has 0 saturated carbocycles. The van der Waals surface area contributed by atoms with E-state index in [4.69, 9.17) is 0 Å². The zero-order chi connectivity index (χ0) is 18.9. The van der Waals surface area contributed by atoms with E-state index in [1.165, 1.54) is 21.5 Å². The van der Waals surface area contributed by atoms with E-state index < -0.39 is 7.92 Å². The molecule has 4 aromatic carbocycles. The maximum absolute atomic E-state index is 4.67. The van der Waals surface area contributed by atoms with Gasteiger partial charge in [0.05, 0.1) is 0 Å². The molecule has 0 saturated heterocycles. The Labute approximate surface area is 171 Å². The fourth-order valence-corrected chi connectivity index (χ4v) is 5.20. The van der Waals surface area contributed by atoms with E-state index in [9.17, 15) is 0 Å². The molecule has 0 radical (unpaired) electrons. The van der Waals surface area contributed by atoms with Crippen LogP contribution in [0.3, 0.4) is 0 Å². The summed E-state index contributed by atoms with van der Waals surface area (Å²) in [5.41, 5.74) is 1.20. The molecule has 0 spiro atoms. The summed E-state index contributed by atoms with van der Waals surface area (Å²) in [6.45, 7) is 2.03. The van der Waals surface area contributed by atoms with Gasteiger partial charge in [0.2, 0.25) is 0 Å². The summed E-state index contributed by atoms with van der Waals surface area (Å²) >= 11 is 4.67. The Hall–Kier alpha value is -2.20. The van der Waals surface area contributed by atoms with Gasteiger partial charge in [-0.2, -0.15) is 0 Å². The Morgan fingerprint density at radius 1 is 0.481 bits per heavy atom. The van der Waals surface area contributed by atoms with Gasteiger partial charge in [0.15, 0.2) is 0 Å². The van der Waals surface area contributed by atoms with Crippen molar-refractivity contribution in [1.29, 1.82) is 0 Å². The van der Waals surface area contributed by atoms with Crippen LogP contribution in [0.4, 0.5) is 0 Å². The minimum atomic E-state index is -0.446. The van der Waals surface area contributed by atoms with E-state index in [-0.39, 0.29) is 0 Å². The molecule has 4 rings (SSSR count). The van der Waals surface area contributed by atoms with E-state index in [0.29, 0.717) is 0 Å². The Bertz CT molecular complexity index is 822. The second-order valence-electron chi connectivity index (χ2n) is 6.06. The summed E-state index contributed by atoms with van der Waals surface area (Å²) in [6.07, 6.45) is 0. The summed E-state index contributed by atoms with van der Waals surface area (Å²) in [5, 5.41) is 4.19. The molecule has 0 fully saturated rings. The minimum Gasteiger partial charge on any atom is -0.0622 e. The van der Waals surface area contributed by atoms with Crippen LogP contribution in [0.1, 0.15) is 5.56 Å². The number of hydrogen-bond donors (Lipinski definition) is 0. The molecule has 0 heterocycles. The van der Waals surface area contributed by atoms with Gasteiger partial charge in [0, 0.05) is 0 Å². The molecule has 0 aliphatic carbocycles. The molecule has 4 aromatic rings. The molecular weight excluding hydrogens is 390 g/mol. The first-order valence-electron chi connectivity index (χ1n) is 8.89. The smallest absolute Gasteiger partial charge is 0.0134 e. The largest absolute Gasteiger partial charge is 0.0622 e. The molecule has 0 aliphatic rings. The number of hydrogen-bond acceptors (Lipinski definition) is 0. The van der Waals surface area contributed by atoms with Crippen LogP contribution in [0.5, 0.6) is 0 Å². The average molecular weight is 412 g/mol. The third kappa shape index (κ3) is 5.64. The molecule has 27 heavy (non-hydrogen) atoms. The molecule has 0 aromatic heterocycles. The maximum Gasteiger partial charge on any atom is -0.0134 e. The van der Waals surface area contributed by atoms with E-state index in [0.717, 1.165) is 4.53 Å². The second-order valence-corrected chi connectivity index (χ2v) is 8.81. The zero-order valence-corrected chi connectivity index (χ0v) is 17.1. The molecular formula is C25H22NiP. The molecule has 137 valence electrons. The van der Waals surface area contributed by atoms with Crippen LogP contribution in [-0.4, -0.2) is 0 Å². The van der Waals surface area contributed by atoms with Crippen LogP contribution in [0.15, 0.2) is 115 Å². The molecule has 2 heteroatoms. The van der Waals surface area contributed by atoms with E-state index in [1.807, 2.05) is 31.2 Å². The van der Waals surface area contributed by atoms with Crippen LogP contribution < -0.4 is 20.4 Å². The summed E-state index contributed by atoms with van der Waals surface area (Å²) in [6, 6.07) is 40.3. The topological polar surface area (TPSA) is 0 Å². The van der Waals surface area contributed by atoms with Crippen molar-refractivity contribution >= 4 is 28.4 Å². The van der Waals surface area contributed by atoms with Crippen LogP contribution in [0.2, 0.25) is 0 Å². The van der Waals surface area contributed by atoms with Crippen molar-refractivity contribution < 1.29 is 15.5 Å². The number of benzene rings is 4. The third-order valence-electron chi connectivity index (χ3n) is 4.09. The van der Waals surface area contributed by atoms with Crippen molar-refractivity contribution in [1.82, 2.24) is 0 Å². The van der Waals surface area contributed by atoms with E-state index in [2.05, 4.69) is 106 Å². The van der Waals surface area contributed by atoms with Crippen LogP contribution in [-0.2, 0) is 15.5 Å². The van der Waals surface area contributed by atoms with Gasteiger partial charge in [-0.25, -0.2) is 0 Å². The van der Waals surface area contributed by atoms with Gasteiger partial charge in [-0.3, -0.25) is 0 Å². The number of aryl methyl sites for hydroxylation is 1. The SMILES string of the molecule is Cc1cccc[c]1[Ni].c1ccc(P(c2ccccc2)c2ccccc2)cc1. The predicted octanol–water partition coefficient (Wildman–Crippen LogP) is 4.61. The van der Waals surface area contributed by atoms with Crippen LogP contribution in [0.25, 0.3) is 0 Å². The second kappa shape index (κ2) is 10.2. The van der Waals surface area contributed by atoms with Gasteiger partial charge >= 0.3 is 56.8 Å². The van der Waals surface area contributed by atoms with Crippen molar-refractivity contribution in [3.05, 3.63) is 121 Å². The molecule has 0 atom stereocenters. The van der Waals surface area contributed by atoms with Crippen LogP contribution >= 0.6 is 7.92 Å². The standard InChI is InChI=1S/C18H15P.C7H7.Ni/c1-4-10-16(11-5-1)19(17-12-6-2-7-13-17)18-14-8-3-9-15-18;1-7-5-3-2-4-6-7;/h1-15H;2-5H,1H3;. The first-order valence-corrected chi connectivity index (χ1v) is 10.7. The van der Waals surface area contributed by atoms with E-state index >= 15 is 0 Å². The predicted molar refractivity (Wildman–Crippen MR) is 116 cm³/mol. The molecule has 0 aliphatic heterocycles. The van der Waals surface area contributed by atoms with Crippen molar-refractivity contribution in [2.75, 3.05) is 0 Å². The van der Waals surface area contributed by atoms with Gasteiger partial charge < -0.3 is 0 Å². The molecule has 0 N–H and O–H groups in total. The van der Waals surface area contributed by atoms with E-state index in [1.54, 1.807) is 0 Å². The van der Waals surface area contributed by atoms with Gasteiger partial charge in [-0.15, -0.1) is 0 Å². The molecule has 0 nitrogen and oxygen atoms in total. The first-order chi connectivity index (χ1) is 13.3. The van der Waals surface area contributed by atoms with Gasteiger partial charge in [0.25, 0.3) is 0 Å². The zero-order valence-electron chi connectivity index (χ0n) is 15.2. The van der Waals surface area contributed by atoms with Crippen LogP contribution in [0, 0.1) is 6.92 Å². The Morgan fingerprint density at radius 3 is 1.11 bits per heavy atom. The fraction of sp³-hybridized carbons (Fsp3) is 0.0400. The van der Waals surface area contributed by atoms with Crippen molar-refractivity contribution in [2.24, 2.45) is 0 Å². The van der Waals surface area contributed by atoms with Gasteiger partial charge in [-0.05, 0) is 23.8 Å². The summed E-state index contributed by atoms with van der Waals surface area (Å²) in [5.74, 6) is 0.